The van der Waals surface area contributed by atoms with Gasteiger partial charge in [0.05, 0.1) is 6.42 Å². The number of carbonyl (C=O) groups excluding carboxylic acids is 2. The first-order valence-corrected chi connectivity index (χ1v) is 12.0. The third-order valence-electron chi connectivity index (χ3n) is 5.36. The summed E-state index contributed by atoms with van der Waals surface area (Å²) in [5, 5.41) is 43.0. The van der Waals surface area contributed by atoms with Crippen molar-refractivity contribution in [1.29, 1.82) is 0 Å². The summed E-state index contributed by atoms with van der Waals surface area (Å²) in [5.41, 5.74) is 6.30. The number of fused-ring (bicyclic) bond motifs is 1. The second-order valence-electron chi connectivity index (χ2n) is 7.54. The van der Waals surface area contributed by atoms with Crippen LogP contribution in [0.3, 0.4) is 0 Å². The molecule has 0 aliphatic carbocycles. The number of phenols is 1. The van der Waals surface area contributed by atoms with Crippen molar-refractivity contribution in [3.63, 3.8) is 0 Å². The number of β-lactam (4-membered cyclic amide) rings is 1. The summed E-state index contributed by atoms with van der Waals surface area (Å²) in [6, 6.07) is 3.59. The fraction of sp³-hybridized carbons (Fsp3) is 0.316. The maximum absolute atomic E-state index is 12.9. The second kappa shape index (κ2) is 9.93. The van der Waals surface area contributed by atoms with E-state index < -0.39 is 52.9 Å². The highest BCUT2D eigenvalue weighted by Gasteiger charge is 2.55. The van der Waals surface area contributed by atoms with E-state index in [2.05, 4.69) is 25.9 Å². The van der Waals surface area contributed by atoms with Gasteiger partial charge in [-0.25, -0.2) is 4.79 Å². The number of benzene rings is 1. The summed E-state index contributed by atoms with van der Waals surface area (Å²) in [4.78, 5) is 50.2. The normalized spacial score (nSPS) is 21.1. The fourth-order valence-electron chi connectivity index (χ4n) is 3.69. The Morgan fingerprint density at radius 3 is 2.60 bits per heavy atom. The number of hydrogen-bond acceptors (Lipinski definition) is 11. The topological polar surface area (TPSA) is 225 Å². The van der Waals surface area contributed by atoms with E-state index in [-0.39, 0.29) is 27.9 Å². The third kappa shape index (κ3) is 4.94. The number of aliphatic carboxylic acids is 2. The minimum Gasteiger partial charge on any atom is -0.508 e. The molecule has 0 spiro atoms. The van der Waals surface area contributed by atoms with Gasteiger partial charge in [-0.05, 0) is 28.5 Å². The van der Waals surface area contributed by atoms with Crippen LogP contribution in [0.4, 0.5) is 0 Å². The molecule has 0 radical (unpaired) electrons. The van der Waals surface area contributed by atoms with E-state index in [0.717, 1.165) is 16.7 Å². The fourth-order valence-corrected chi connectivity index (χ4v) is 6.22. The van der Waals surface area contributed by atoms with Crippen LogP contribution in [0.15, 0.2) is 40.7 Å². The first-order chi connectivity index (χ1) is 16.7. The van der Waals surface area contributed by atoms with Crippen LogP contribution in [0.25, 0.3) is 0 Å². The molecule has 2 aromatic rings. The maximum Gasteiger partial charge on any atom is 0.352 e. The molecule has 184 valence electrons. The molecular formula is C19H19N7O7S2. The number of phenolic OH excluding ortho intramolecular Hbond substituents is 1. The molecule has 0 saturated carbocycles. The summed E-state index contributed by atoms with van der Waals surface area (Å²) >= 11 is 2.12. The maximum atomic E-state index is 12.9. The lowest BCUT2D eigenvalue weighted by Gasteiger charge is -2.50. The lowest BCUT2D eigenvalue weighted by molar-refractivity contribution is -0.150. The SMILES string of the molecule is NC(C(=O)NC1C(=O)N2C(C(=O)O)=C(C(CC(=O)O)Sc3nn[nH]n3)CS[C@@H]12)c1ccc(O)cc1. The highest BCUT2D eigenvalue weighted by Crippen LogP contribution is 2.44. The number of carboxylic acids is 2. The number of H-pyrrole nitrogens is 1. The largest absolute Gasteiger partial charge is 0.508 e. The molecule has 1 saturated heterocycles. The Morgan fingerprint density at radius 2 is 2.00 bits per heavy atom. The second-order valence-corrected chi connectivity index (χ2v) is 9.82. The van der Waals surface area contributed by atoms with E-state index in [9.17, 15) is 34.5 Å². The van der Waals surface area contributed by atoms with Gasteiger partial charge in [0.15, 0.2) is 0 Å². The van der Waals surface area contributed by atoms with Crippen molar-refractivity contribution >= 4 is 47.3 Å². The molecule has 16 heteroatoms. The summed E-state index contributed by atoms with van der Waals surface area (Å²) in [6.45, 7) is 0. The van der Waals surface area contributed by atoms with Gasteiger partial charge in [-0.2, -0.15) is 5.21 Å². The van der Waals surface area contributed by atoms with Gasteiger partial charge in [0.2, 0.25) is 11.1 Å². The zero-order valence-electron chi connectivity index (χ0n) is 17.7. The number of rotatable bonds is 9. The Hall–Kier alpha value is -3.63. The lowest BCUT2D eigenvalue weighted by Crippen LogP contribution is -2.71. The zero-order chi connectivity index (χ0) is 25.3. The van der Waals surface area contributed by atoms with Crippen molar-refractivity contribution in [3.8, 4) is 5.75 Å². The van der Waals surface area contributed by atoms with E-state index in [4.69, 9.17) is 5.73 Å². The number of carboxylic acid groups (broad SMARTS) is 2. The van der Waals surface area contributed by atoms with Crippen molar-refractivity contribution in [2.75, 3.05) is 5.75 Å². The molecule has 2 amide bonds. The van der Waals surface area contributed by atoms with E-state index in [0.29, 0.717) is 5.56 Å². The third-order valence-corrected chi connectivity index (χ3v) is 7.78. The molecule has 3 unspecified atom stereocenters. The molecule has 4 rings (SSSR count). The van der Waals surface area contributed by atoms with E-state index in [1.54, 1.807) is 0 Å². The Labute approximate surface area is 205 Å². The van der Waals surface area contributed by atoms with E-state index in [1.165, 1.54) is 36.0 Å². The van der Waals surface area contributed by atoms with E-state index in [1.807, 2.05) is 0 Å². The number of nitrogens with two attached hydrogens (primary N) is 1. The molecule has 7 N–H and O–H groups in total. The molecule has 1 fully saturated rings. The quantitative estimate of drug-likeness (QED) is 0.177. The van der Waals surface area contributed by atoms with Crippen LogP contribution < -0.4 is 11.1 Å². The van der Waals surface area contributed by atoms with Gasteiger partial charge >= 0.3 is 11.9 Å². The number of aromatic hydroxyl groups is 1. The van der Waals surface area contributed by atoms with Gasteiger partial charge in [0.1, 0.15) is 28.9 Å². The number of tetrazole rings is 1. The van der Waals surface area contributed by atoms with Crippen molar-refractivity contribution in [3.05, 3.63) is 41.1 Å². The Morgan fingerprint density at radius 1 is 1.29 bits per heavy atom. The Balaban J connectivity index is 1.54. The molecule has 4 atom stereocenters. The highest BCUT2D eigenvalue weighted by molar-refractivity contribution is 8.01. The van der Waals surface area contributed by atoms with Gasteiger partial charge in [-0.3, -0.25) is 19.3 Å². The van der Waals surface area contributed by atoms with Gasteiger partial charge in [0, 0.05) is 11.0 Å². The minimum atomic E-state index is -1.40. The van der Waals surface area contributed by atoms with Gasteiger partial charge in [0.25, 0.3) is 5.91 Å². The predicted octanol–water partition coefficient (Wildman–Crippen LogP) is -0.721. The molecule has 0 bridgehead atoms. The monoisotopic (exact) mass is 521 g/mol. The zero-order valence-corrected chi connectivity index (χ0v) is 19.3. The van der Waals surface area contributed by atoms with Gasteiger partial charge < -0.3 is 26.4 Å². The number of aromatic amines is 1. The molecule has 1 aromatic carbocycles. The number of aromatic nitrogens is 4. The highest BCUT2D eigenvalue weighted by atomic mass is 32.2. The first kappa shape index (κ1) is 24.5. The van der Waals surface area contributed by atoms with Crippen LogP contribution >= 0.6 is 23.5 Å². The lowest BCUT2D eigenvalue weighted by atomic mass is 9.99. The average molecular weight is 522 g/mol. The number of amides is 2. The molecule has 2 aliphatic heterocycles. The number of nitrogens with one attached hydrogen (secondary N) is 2. The molecule has 1 aromatic heterocycles. The molecule has 2 aliphatic rings. The summed E-state index contributed by atoms with van der Waals surface area (Å²) in [7, 11) is 0. The van der Waals surface area contributed by atoms with Crippen LogP contribution in [-0.2, 0) is 19.2 Å². The van der Waals surface area contributed by atoms with Crippen molar-refractivity contribution in [2.24, 2.45) is 5.73 Å². The molecule has 35 heavy (non-hydrogen) atoms. The first-order valence-electron chi connectivity index (χ1n) is 10.0. The molecule has 14 nitrogen and oxygen atoms in total. The van der Waals surface area contributed by atoms with Crippen molar-refractivity contribution in [2.45, 2.75) is 34.3 Å². The van der Waals surface area contributed by atoms with Crippen LogP contribution in [0.2, 0.25) is 0 Å². The number of carbonyl (C=O) groups is 4. The number of nitrogens with zero attached hydrogens (tertiary/aromatic N) is 4. The summed E-state index contributed by atoms with van der Waals surface area (Å²) < 4.78 is 0. The summed E-state index contributed by atoms with van der Waals surface area (Å²) in [5.74, 6) is -3.74. The Bertz CT molecular complexity index is 1190. The Kier molecular flexibility index (Phi) is 6.95. The predicted molar refractivity (Wildman–Crippen MR) is 121 cm³/mol. The minimum absolute atomic E-state index is 0.00673. The summed E-state index contributed by atoms with van der Waals surface area (Å²) in [6.07, 6.45) is -0.430. The number of hydrogen-bond donors (Lipinski definition) is 6. The van der Waals surface area contributed by atoms with Crippen LogP contribution in [-0.4, -0.2) is 87.0 Å². The van der Waals surface area contributed by atoms with Crippen molar-refractivity contribution < 1.29 is 34.5 Å². The van der Waals surface area contributed by atoms with E-state index >= 15 is 0 Å². The molecular weight excluding hydrogens is 502 g/mol. The smallest absolute Gasteiger partial charge is 0.352 e. The van der Waals surface area contributed by atoms with Crippen molar-refractivity contribution in [1.82, 2.24) is 30.8 Å². The number of thioether (sulfide) groups is 2. The van der Waals surface area contributed by atoms with Crippen LogP contribution in [0, 0.1) is 0 Å². The van der Waals surface area contributed by atoms with Crippen LogP contribution in [0.1, 0.15) is 18.0 Å². The standard InChI is InChI=1S/C19H19N7O7S2/c20-12(7-1-3-8(27)4-2-7)15(30)21-13-16(31)26-14(18(32)33)9(6-34-17(13)26)10(5-11(28)29)35-19-22-24-25-23-19/h1-4,10,12-13,17,27H,5-6,20H2,(H,21,30)(H,28,29)(H,32,33)(H,22,23,24,25)/t10?,12?,13?,17-/m0/s1. The van der Waals surface area contributed by atoms with Gasteiger partial charge in [-0.1, -0.05) is 23.9 Å². The molecule has 3 heterocycles. The average Bonchev–Trinajstić information content (AvgIpc) is 3.33. The van der Waals surface area contributed by atoms with Gasteiger partial charge in [-0.15, -0.1) is 22.0 Å². The van der Waals surface area contributed by atoms with Crippen LogP contribution in [0.5, 0.6) is 5.75 Å².